The molecule has 0 aromatic rings. The number of fused-ring (bicyclic) bond motifs is 5. The molecule has 18 nitrogen and oxygen atoms in total. The SMILES string of the molecule is CC(C)=CCC[C@](C)(O[C@@H]1O[C@H](CO)[C@@H](O)[C@H](O)[C@H]1O)[C@H]1CC[C@]2(C)[C@H]1[C@H](O)C[C@@H]1[C@@]3(C)CC[C@H](O)C(C)(C)[C@@H]3[C@@H](O[C@@H]3O[C@H](CO)[C@@H](O)[C@H](O)[C@H]3O[C@@H]3O[C@@H](C)[C@H](O)[C@@H](O)[C@H]3O)C[C@]12C. The molecular weight excluding hydrogens is 865 g/mol. The highest BCUT2D eigenvalue weighted by Crippen LogP contribution is 2.76. The van der Waals surface area contributed by atoms with Crippen LogP contribution in [0.4, 0.5) is 0 Å². The van der Waals surface area contributed by atoms with Crippen molar-refractivity contribution in [3.05, 3.63) is 11.6 Å². The molecule has 0 unspecified atom stereocenters. The summed E-state index contributed by atoms with van der Waals surface area (Å²) >= 11 is 0. The average molecular weight is 947 g/mol. The number of rotatable bonds is 12. The van der Waals surface area contributed by atoms with E-state index in [1.165, 1.54) is 6.92 Å². The maximum absolute atomic E-state index is 12.7. The standard InChI is InChI=1S/C48H82O18/c1-21(2)11-10-14-48(9,66-42-38(60)35(57)32(54)26(19-49)63-42)23-12-16-46(7)30(23)24(51)17-28-45(6)15-13-29(52)44(4,5)40(45)25(18-47(28,46)8)62-43-39(36(58)33(55)27(20-50)64-43)65-41-37(59)34(56)31(53)22(3)61-41/h11,22-43,49-60H,10,12-20H2,1-9H3/t22-,23-,24+,25-,26+,27+,28+,29-,30+,31-,32+,33+,34+,35-,36-,37+,38+,39+,40-,41-,42-,43+,45+,46+,47+,48-/m0/s1. The van der Waals surface area contributed by atoms with Crippen LogP contribution in [-0.4, -0.2) is 191 Å². The van der Waals surface area contributed by atoms with Crippen LogP contribution in [0.2, 0.25) is 0 Å². The Labute approximate surface area is 388 Å². The molecular formula is C48H82O18. The van der Waals surface area contributed by atoms with Gasteiger partial charge in [-0.1, -0.05) is 46.3 Å². The number of aliphatic hydroxyl groups is 12. The summed E-state index contributed by atoms with van der Waals surface area (Å²) in [7, 11) is 0. The van der Waals surface area contributed by atoms with E-state index in [0.717, 1.165) is 5.57 Å². The lowest BCUT2D eigenvalue weighted by molar-refractivity contribution is -0.382. The van der Waals surface area contributed by atoms with Crippen molar-refractivity contribution in [3.63, 3.8) is 0 Å². The summed E-state index contributed by atoms with van der Waals surface area (Å²) in [6.45, 7) is 16.8. The molecule has 4 aliphatic carbocycles. The zero-order chi connectivity index (χ0) is 48.8. The lowest BCUT2D eigenvalue weighted by atomic mass is 9.34. The van der Waals surface area contributed by atoms with E-state index in [4.69, 9.17) is 28.4 Å². The van der Waals surface area contributed by atoms with E-state index in [9.17, 15) is 61.3 Å². The lowest BCUT2D eigenvalue weighted by Crippen LogP contribution is -2.71. The fourth-order valence-corrected chi connectivity index (χ4v) is 14.9. The third kappa shape index (κ3) is 8.69. The van der Waals surface area contributed by atoms with Gasteiger partial charge in [0.25, 0.3) is 0 Å². The van der Waals surface area contributed by atoms with Gasteiger partial charge in [0.05, 0.1) is 43.2 Å². The van der Waals surface area contributed by atoms with Crippen LogP contribution in [0.5, 0.6) is 0 Å². The molecule has 0 radical (unpaired) electrons. The molecule has 4 saturated carbocycles. The highest BCUT2D eigenvalue weighted by molar-refractivity contribution is 5.22. The molecule has 0 aromatic carbocycles. The highest BCUT2D eigenvalue weighted by Gasteiger charge is 2.74. The van der Waals surface area contributed by atoms with Gasteiger partial charge in [-0.2, -0.15) is 0 Å². The van der Waals surface area contributed by atoms with Crippen molar-refractivity contribution in [1.29, 1.82) is 0 Å². The average Bonchev–Trinajstić information content (AvgIpc) is 3.64. The molecule has 0 spiro atoms. The van der Waals surface area contributed by atoms with Gasteiger partial charge in [0.1, 0.15) is 67.1 Å². The van der Waals surface area contributed by atoms with Gasteiger partial charge >= 0.3 is 0 Å². The third-order valence-corrected chi connectivity index (χ3v) is 18.7. The Morgan fingerprint density at radius 3 is 1.89 bits per heavy atom. The predicted molar refractivity (Wildman–Crippen MR) is 234 cm³/mol. The summed E-state index contributed by atoms with van der Waals surface area (Å²) in [5.74, 6) is -1.12. The summed E-state index contributed by atoms with van der Waals surface area (Å²) in [5, 5.41) is 132. The quantitative estimate of drug-likeness (QED) is 0.0904. The predicted octanol–water partition coefficient (Wildman–Crippen LogP) is -0.0284. The zero-order valence-electron chi connectivity index (χ0n) is 40.2. The summed E-state index contributed by atoms with van der Waals surface area (Å²) in [6, 6.07) is 0. The zero-order valence-corrected chi connectivity index (χ0v) is 40.2. The Morgan fingerprint density at radius 2 is 1.27 bits per heavy atom. The first-order valence-electron chi connectivity index (χ1n) is 24.3. The second-order valence-electron chi connectivity index (χ2n) is 23.0. The van der Waals surface area contributed by atoms with Crippen molar-refractivity contribution in [2.45, 2.75) is 230 Å². The van der Waals surface area contributed by atoms with E-state index in [2.05, 4.69) is 26.8 Å². The molecule has 18 heteroatoms. The van der Waals surface area contributed by atoms with Gasteiger partial charge in [0.15, 0.2) is 18.9 Å². The van der Waals surface area contributed by atoms with Crippen molar-refractivity contribution in [2.24, 2.45) is 45.3 Å². The molecule has 0 bridgehead atoms. The maximum atomic E-state index is 12.7. The Hall–Kier alpha value is -0.980. The summed E-state index contributed by atoms with van der Waals surface area (Å²) in [5.41, 5.74) is -2.43. The third-order valence-electron chi connectivity index (χ3n) is 18.7. The number of ether oxygens (including phenoxy) is 6. The van der Waals surface area contributed by atoms with Gasteiger partial charge < -0.3 is 89.7 Å². The van der Waals surface area contributed by atoms with Gasteiger partial charge in [-0.25, -0.2) is 0 Å². The van der Waals surface area contributed by atoms with Crippen LogP contribution < -0.4 is 0 Å². The normalized spacial score (nSPS) is 53.5. The first-order chi connectivity index (χ1) is 30.7. The van der Waals surface area contributed by atoms with Crippen LogP contribution in [0.15, 0.2) is 11.6 Å². The molecule has 3 aliphatic heterocycles. The molecule has 3 saturated heterocycles. The maximum Gasteiger partial charge on any atom is 0.187 e. The minimum absolute atomic E-state index is 0.0861. The molecule has 12 N–H and O–H groups in total. The van der Waals surface area contributed by atoms with E-state index in [1.54, 1.807) is 0 Å². The van der Waals surface area contributed by atoms with Gasteiger partial charge in [-0.05, 0) is 124 Å². The number of aliphatic hydroxyl groups excluding tert-OH is 12. The minimum atomic E-state index is -1.75. The first kappa shape index (κ1) is 52.8. The Morgan fingerprint density at radius 1 is 0.682 bits per heavy atom. The fourth-order valence-electron chi connectivity index (χ4n) is 14.9. The fraction of sp³-hybridized carbons (Fsp3) is 0.958. The molecule has 7 aliphatic rings. The second kappa shape index (κ2) is 19.2. The van der Waals surface area contributed by atoms with Crippen molar-refractivity contribution in [3.8, 4) is 0 Å². The Bertz CT molecular complexity index is 1700. The smallest absolute Gasteiger partial charge is 0.187 e. The molecule has 7 rings (SSSR count). The molecule has 0 aromatic heterocycles. The molecule has 26 atom stereocenters. The summed E-state index contributed by atoms with van der Waals surface area (Å²) in [4.78, 5) is 0. The Balaban J connectivity index is 1.27. The van der Waals surface area contributed by atoms with Gasteiger partial charge in [-0.3, -0.25) is 0 Å². The van der Waals surface area contributed by atoms with Crippen LogP contribution >= 0.6 is 0 Å². The topological polar surface area (TPSA) is 298 Å². The van der Waals surface area contributed by atoms with Gasteiger partial charge in [-0.15, -0.1) is 0 Å². The molecule has 7 fully saturated rings. The molecule has 3 heterocycles. The second-order valence-corrected chi connectivity index (χ2v) is 23.0. The first-order valence-corrected chi connectivity index (χ1v) is 24.3. The number of allylic oxidation sites excluding steroid dienone is 2. The molecule has 382 valence electrons. The lowest BCUT2D eigenvalue weighted by Gasteiger charge is -2.72. The number of hydrogen-bond acceptors (Lipinski definition) is 18. The van der Waals surface area contributed by atoms with Crippen LogP contribution in [-0.2, 0) is 28.4 Å². The van der Waals surface area contributed by atoms with E-state index < -0.39 is 151 Å². The minimum Gasteiger partial charge on any atom is -0.394 e. The van der Waals surface area contributed by atoms with Crippen LogP contribution in [0.1, 0.15) is 114 Å². The van der Waals surface area contributed by atoms with E-state index in [1.807, 2.05) is 34.6 Å². The van der Waals surface area contributed by atoms with Crippen molar-refractivity contribution >= 4 is 0 Å². The Kier molecular flexibility index (Phi) is 15.4. The van der Waals surface area contributed by atoms with Crippen molar-refractivity contribution < 1.29 is 89.7 Å². The van der Waals surface area contributed by atoms with E-state index in [0.29, 0.717) is 51.4 Å². The molecule has 0 amide bonds. The molecule has 66 heavy (non-hydrogen) atoms. The van der Waals surface area contributed by atoms with E-state index >= 15 is 0 Å². The number of hydrogen-bond donors (Lipinski definition) is 12. The monoisotopic (exact) mass is 947 g/mol. The van der Waals surface area contributed by atoms with Crippen LogP contribution in [0, 0.1) is 45.3 Å². The largest absolute Gasteiger partial charge is 0.394 e. The van der Waals surface area contributed by atoms with E-state index in [-0.39, 0.29) is 23.7 Å². The van der Waals surface area contributed by atoms with Gasteiger partial charge in [0, 0.05) is 0 Å². The summed E-state index contributed by atoms with van der Waals surface area (Å²) < 4.78 is 38.1. The van der Waals surface area contributed by atoms with Gasteiger partial charge in [0.2, 0.25) is 0 Å². The van der Waals surface area contributed by atoms with Crippen molar-refractivity contribution in [1.82, 2.24) is 0 Å². The van der Waals surface area contributed by atoms with Crippen LogP contribution in [0.25, 0.3) is 0 Å². The van der Waals surface area contributed by atoms with Crippen LogP contribution in [0.3, 0.4) is 0 Å². The van der Waals surface area contributed by atoms with Crippen molar-refractivity contribution in [2.75, 3.05) is 13.2 Å². The highest BCUT2D eigenvalue weighted by atomic mass is 16.8. The summed E-state index contributed by atoms with van der Waals surface area (Å²) in [6.07, 6.45) is -18.3.